The number of aromatic nitrogens is 2. The molecule has 0 aliphatic carbocycles. The SMILES string of the molecule is CN=C(NCc1nc(C)no1)NCc1ccccc1C.I. The normalized spacial score (nSPS) is 10.9. The van der Waals surface area contributed by atoms with Crippen LogP contribution in [0.2, 0.25) is 0 Å². The summed E-state index contributed by atoms with van der Waals surface area (Å²) in [6.07, 6.45) is 0. The maximum atomic E-state index is 5.03. The first kappa shape index (κ1) is 17.4. The number of nitrogens with one attached hydrogen (secondary N) is 2. The zero-order chi connectivity index (χ0) is 14.4. The molecule has 21 heavy (non-hydrogen) atoms. The predicted octanol–water partition coefficient (Wildman–Crippen LogP) is 2.17. The molecule has 0 aliphatic rings. The molecule has 0 aliphatic heterocycles. The highest BCUT2D eigenvalue weighted by Gasteiger charge is 2.04. The Morgan fingerprint density at radius 3 is 2.52 bits per heavy atom. The van der Waals surface area contributed by atoms with Crippen LogP contribution in [-0.4, -0.2) is 23.1 Å². The lowest BCUT2D eigenvalue weighted by atomic mass is 10.1. The second-order valence-electron chi connectivity index (χ2n) is 4.44. The third-order valence-corrected chi connectivity index (χ3v) is 2.91. The van der Waals surface area contributed by atoms with Gasteiger partial charge < -0.3 is 15.2 Å². The van der Waals surface area contributed by atoms with E-state index in [2.05, 4.69) is 44.8 Å². The monoisotopic (exact) mass is 401 g/mol. The molecular formula is C14H20IN5O. The van der Waals surface area contributed by atoms with Gasteiger partial charge in [-0.25, -0.2) is 0 Å². The second kappa shape index (κ2) is 8.60. The largest absolute Gasteiger partial charge is 0.352 e. The van der Waals surface area contributed by atoms with Gasteiger partial charge in [-0.2, -0.15) is 4.98 Å². The summed E-state index contributed by atoms with van der Waals surface area (Å²) in [5.41, 5.74) is 2.49. The first-order valence-electron chi connectivity index (χ1n) is 6.47. The predicted molar refractivity (Wildman–Crippen MR) is 92.7 cm³/mol. The molecule has 0 unspecified atom stereocenters. The number of nitrogens with zero attached hydrogens (tertiary/aromatic N) is 3. The van der Waals surface area contributed by atoms with Crippen molar-refractivity contribution in [2.45, 2.75) is 26.9 Å². The molecule has 114 valence electrons. The molecule has 6 nitrogen and oxygen atoms in total. The molecule has 0 spiro atoms. The summed E-state index contributed by atoms with van der Waals surface area (Å²) in [6, 6.07) is 8.25. The molecule has 0 saturated carbocycles. The lowest BCUT2D eigenvalue weighted by molar-refractivity contribution is 0.371. The van der Waals surface area contributed by atoms with Crippen LogP contribution in [0.15, 0.2) is 33.8 Å². The highest BCUT2D eigenvalue weighted by Crippen LogP contribution is 2.05. The van der Waals surface area contributed by atoms with Gasteiger partial charge in [-0.1, -0.05) is 29.4 Å². The van der Waals surface area contributed by atoms with Gasteiger partial charge in [0.25, 0.3) is 0 Å². The third kappa shape index (κ3) is 5.33. The van der Waals surface area contributed by atoms with Crippen LogP contribution < -0.4 is 10.6 Å². The van der Waals surface area contributed by atoms with E-state index in [1.807, 2.05) is 12.1 Å². The molecular weight excluding hydrogens is 381 g/mol. The summed E-state index contributed by atoms with van der Waals surface area (Å²) in [5, 5.41) is 10.1. The minimum absolute atomic E-state index is 0. The number of rotatable bonds is 4. The van der Waals surface area contributed by atoms with Gasteiger partial charge in [-0.05, 0) is 25.0 Å². The van der Waals surface area contributed by atoms with Gasteiger partial charge in [0.15, 0.2) is 11.8 Å². The fourth-order valence-electron chi connectivity index (χ4n) is 1.78. The number of hydrogen-bond donors (Lipinski definition) is 2. The van der Waals surface area contributed by atoms with Crippen molar-refractivity contribution in [2.75, 3.05) is 7.05 Å². The van der Waals surface area contributed by atoms with E-state index >= 15 is 0 Å². The number of hydrogen-bond acceptors (Lipinski definition) is 4. The highest BCUT2D eigenvalue weighted by atomic mass is 127. The molecule has 7 heteroatoms. The Morgan fingerprint density at radius 1 is 1.19 bits per heavy atom. The van der Waals surface area contributed by atoms with Gasteiger partial charge in [0, 0.05) is 13.6 Å². The van der Waals surface area contributed by atoms with Crippen LogP contribution in [0.5, 0.6) is 0 Å². The Kier molecular flexibility index (Phi) is 7.13. The average molecular weight is 401 g/mol. The van der Waals surface area contributed by atoms with Crippen molar-refractivity contribution in [3.8, 4) is 0 Å². The van der Waals surface area contributed by atoms with E-state index in [1.165, 1.54) is 11.1 Å². The van der Waals surface area contributed by atoms with Crippen LogP contribution in [-0.2, 0) is 13.1 Å². The fourth-order valence-corrected chi connectivity index (χ4v) is 1.78. The summed E-state index contributed by atoms with van der Waals surface area (Å²) in [7, 11) is 1.73. The lowest BCUT2D eigenvalue weighted by Crippen LogP contribution is -2.36. The summed E-state index contributed by atoms with van der Waals surface area (Å²) in [6.45, 7) is 5.05. The zero-order valence-corrected chi connectivity index (χ0v) is 14.7. The van der Waals surface area contributed by atoms with E-state index in [0.717, 1.165) is 6.54 Å². The van der Waals surface area contributed by atoms with Crippen LogP contribution in [0.1, 0.15) is 22.8 Å². The van der Waals surface area contributed by atoms with Crippen molar-refractivity contribution in [3.63, 3.8) is 0 Å². The third-order valence-electron chi connectivity index (χ3n) is 2.91. The van der Waals surface area contributed by atoms with Gasteiger partial charge in [-0.15, -0.1) is 24.0 Å². The van der Waals surface area contributed by atoms with E-state index in [0.29, 0.717) is 24.2 Å². The van der Waals surface area contributed by atoms with Crippen molar-refractivity contribution in [3.05, 3.63) is 47.1 Å². The maximum Gasteiger partial charge on any atom is 0.246 e. The van der Waals surface area contributed by atoms with Crippen molar-refractivity contribution in [2.24, 2.45) is 4.99 Å². The number of aryl methyl sites for hydroxylation is 2. The summed E-state index contributed by atoms with van der Waals surface area (Å²) < 4.78 is 5.03. The van der Waals surface area contributed by atoms with E-state index < -0.39 is 0 Å². The quantitative estimate of drug-likeness (QED) is 0.467. The molecule has 2 aromatic rings. The zero-order valence-electron chi connectivity index (χ0n) is 12.4. The van der Waals surface area contributed by atoms with Crippen LogP contribution >= 0.6 is 24.0 Å². The first-order valence-corrected chi connectivity index (χ1v) is 6.47. The Balaban J connectivity index is 0.00000220. The molecule has 0 bridgehead atoms. The highest BCUT2D eigenvalue weighted by molar-refractivity contribution is 14.0. The van der Waals surface area contributed by atoms with Gasteiger partial charge in [0.1, 0.15) is 0 Å². The lowest BCUT2D eigenvalue weighted by Gasteiger charge is -2.11. The Morgan fingerprint density at radius 2 is 1.90 bits per heavy atom. The van der Waals surface area contributed by atoms with E-state index in [1.54, 1.807) is 14.0 Å². The van der Waals surface area contributed by atoms with Crippen molar-refractivity contribution in [1.29, 1.82) is 0 Å². The standard InChI is InChI=1S/C14H19N5O.HI/c1-10-6-4-5-7-12(10)8-16-14(15-3)17-9-13-18-11(2)19-20-13;/h4-7H,8-9H2,1-3H3,(H2,15,16,17);1H. The van der Waals surface area contributed by atoms with Crippen LogP contribution in [0.4, 0.5) is 0 Å². The number of aliphatic imine (C=N–C) groups is 1. The number of benzene rings is 1. The molecule has 0 atom stereocenters. The van der Waals surface area contributed by atoms with Crippen molar-refractivity contribution in [1.82, 2.24) is 20.8 Å². The van der Waals surface area contributed by atoms with E-state index in [4.69, 9.17) is 4.52 Å². The minimum Gasteiger partial charge on any atom is -0.352 e. The molecule has 1 heterocycles. The van der Waals surface area contributed by atoms with Crippen molar-refractivity contribution < 1.29 is 4.52 Å². The first-order chi connectivity index (χ1) is 9.69. The summed E-state index contributed by atoms with van der Waals surface area (Å²) >= 11 is 0. The average Bonchev–Trinajstić information content (AvgIpc) is 2.86. The smallest absolute Gasteiger partial charge is 0.246 e. The molecule has 1 aromatic carbocycles. The van der Waals surface area contributed by atoms with Gasteiger partial charge >= 0.3 is 0 Å². The topological polar surface area (TPSA) is 75.3 Å². The van der Waals surface area contributed by atoms with Gasteiger partial charge in [0.2, 0.25) is 5.89 Å². The molecule has 0 amide bonds. The van der Waals surface area contributed by atoms with Crippen LogP contribution in [0.25, 0.3) is 0 Å². The Bertz CT molecular complexity index is 597. The molecule has 2 rings (SSSR count). The molecule has 0 saturated heterocycles. The molecule has 2 N–H and O–H groups in total. The van der Waals surface area contributed by atoms with E-state index in [-0.39, 0.29) is 24.0 Å². The summed E-state index contributed by atoms with van der Waals surface area (Å²) in [4.78, 5) is 8.29. The fraction of sp³-hybridized carbons (Fsp3) is 0.357. The van der Waals surface area contributed by atoms with Crippen LogP contribution in [0, 0.1) is 13.8 Å². The maximum absolute atomic E-state index is 5.03. The second-order valence-corrected chi connectivity index (χ2v) is 4.44. The molecule has 0 radical (unpaired) electrons. The molecule has 0 fully saturated rings. The summed E-state index contributed by atoms with van der Waals surface area (Å²) in [5.74, 6) is 1.87. The number of halogens is 1. The van der Waals surface area contributed by atoms with Gasteiger partial charge in [-0.3, -0.25) is 4.99 Å². The number of guanidine groups is 1. The molecule has 1 aromatic heterocycles. The minimum atomic E-state index is 0. The van der Waals surface area contributed by atoms with Gasteiger partial charge in [0.05, 0.1) is 6.54 Å². The Labute approximate surface area is 141 Å². The van der Waals surface area contributed by atoms with E-state index in [9.17, 15) is 0 Å². The Hall–Kier alpha value is -1.64. The van der Waals surface area contributed by atoms with Crippen LogP contribution in [0.3, 0.4) is 0 Å². The van der Waals surface area contributed by atoms with Crippen molar-refractivity contribution >= 4 is 29.9 Å².